The number of hydrogen-bond acceptors (Lipinski definition) is 9. The zero-order chi connectivity index (χ0) is 34.3. The van der Waals surface area contributed by atoms with Gasteiger partial charge in [0, 0.05) is 29.6 Å². The molecular weight excluding hydrogens is 661 g/mol. The number of H-pyrrole nitrogens is 1. The van der Waals surface area contributed by atoms with Crippen molar-refractivity contribution in [3.63, 3.8) is 0 Å². The van der Waals surface area contributed by atoms with E-state index in [2.05, 4.69) is 20.7 Å². The minimum Gasteiger partial charge on any atom is -0.492 e. The maximum atomic E-state index is 14.1. The van der Waals surface area contributed by atoms with Crippen LogP contribution < -0.4 is 10.4 Å². The number of likely N-dealkylation sites (N-methyl/N-ethyl adjacent to an activating group) is 1. The third-order valence-electron chi connectivity index (χ3n) is 7.48. The summed E-state index contributed by atoms with van der Waals surface area (Å²) in [6.07, 6.45) is -2.29. The number of carbonyl (C=O) groups excluding carboxylic acids is 2. The van der Waals surface area contributed by atoms with Gasteiger partial charge >= 0.3 is 12.3 Å². The minimum absolute atomic E-state index is 0.0742. The summed E-state index contributed by atoms with van der Waals surface area (Å²) in [5, 5.41) is 19.0. The molecule has 16 heteroatoms. The molecule has 3 heterocycles. The molecule has 2 aromatic heterocycles. The molecule has 250 valence electrons. The van der Waals surface area contributed by atoms with Crippen LogP contribution in [-0.2, 0) is 20.5 Å². The molecule has 2 unspecified atom stereocenters. The Kier molecular flexibility index (Phi) is 9.44. The highest BCUT2D eigenvalue weighted by atomic mass is 35.5. The molecular formula is C31H32ClF3N6O5S. The number of rotatable bonds is 7. The Balaban J connectivity index is 1.55. The van der Waals surface area contributed by atoms with Crippen LogP contribution >= 0.6 is 22.9 Å². The predicted molar refractivity (Wildman–Crippen MR) is 172 cm³/mol. The molecule has 2 aromatic carbocycles. The van der Waals surface area contributed by atoms with Gasteiger partial charge in [-0.25, -0.2) is 10.3 Å². The predicted octanol–water partition coefficient (Wildman–Crippen LogP) is 6.48. The molecule has 2 amide bonds. The van der Waals surface area contributed by atoms with Crippen LogP contribution in [0.5, 0.6) is 5.88 Å². The number of anilines is 1. The Morgan fingerprint density at radius 2 is 1.96 bits per heavy atom. The maximum Gasteiger partial charge on any atom is 0.417 e. The zero-order valence-electron chi connectivity index (χ0n) is 26.0. The fourth-order valence-electron chi connectivity index (χ4n) is 5.26. The van der Waals surface area contributed by atoms with E-state index in [4.69, 9.17) is 21.2 Å². The van der Waals surface area contributed by atoms with E-state index in [-0.39, 0.29) is 34.0 Å². The van der Waals surface area contributed by atoms with Crippen molar-refractivity contribution in [2.24, 2.45) is 0 Å². The topological polar surface area (TPSA) is 133 Å². The number of aromatic amines is 1. The van der Waals surface area contributed by atoms with Crippen molar-refractivity contribution >= 4 is 62.6 Å². The van der Waals surface area contributed by atoms with Gasteiger partial charge in [0.05, 0.1) is 30.4 Å². The van der Waals surface area contributed by atoms with Gasteiger partial charge in [0.15, 0.2) is 5.13 Å². The Labute approximate surface area is 276 Å². The summed E-state index contributed by atoms with van der Waals surface area (Å²) in [5.41, 5.74) is 1.85. The van der Waals surface area contributed by atoms with Gasteiger partial charge in [-0.2, -0.15) is 23.3 Å². The van der Waals surface area contributed by atoms with Gasteiger partial charge in [-0.3, -0.25) is 19.6 Å². The normalized spacial score (nSPS) is 17.3. The number of hydroxylamine groups is 1. The number of aromatic hydroxyl groups is 1. The number of halogens is 4. The number of benzene rings is 2. The Morgan fingerprint density at radius 3 is 2.64 bits per heavy atom. The van der Waals surface area contributed by atoms with Crippen molar-refractivity contribution in [3.8, 4) is 5.88 Å². The lowest BCUT2D eigenvalue weighted by atomic mass is 9.98. The fraction of sp³-hybridized carbons (Fsp3) is 0.355. The van der Waals surface area contributed by atoms with Crippen molar-refractivity contribution in [1.82, 2.24) is 25.6 Å². The Hall–Kier alpha value is -4.34. The number of amides is 2. The van der Waals surface area contributed by atoms with Crippen LogP contribution in [0.1, 0.15) is 48.8 Å². The maximum absolute atomic E-state index is 14.1. The molecule has 5 rings (SSSR count). The molecule has 0 spiro atoms. The lowest BCUT2D eigenvalue weighted by molar-refractivity contribution is -0.137. The molecule has 11 nitrogen and oxygen atoms in total. The van der Waals surface area contributed by atoms with Gasteiger partial charge in [-0.05, 0) is 68.7 Å². The molecule has 0 radical (unpaired) electrons. The molecule has 1 aliphatic rings. The molecule has 0 aliphatic carbocycles. The van der Waals surface area contributed by atoms with Crippen molar-refractivity contribution in [2.75, 3.05) is 25.6 Å². The minimum atomic E-state index is -4.70. The second-order valence-electron chi connectivity index (χ2n) is 11.9. The van der Waals surface area contributed by atoms with E-state index in [1.807, 2.05) is 0 Å². The summed E-state index contributed by atoms with van der Waals surface area (Å²) < 4.78 is 47.8. The molecule has 1 aliphatic heterocycles. The van der Waals surface area contributed by atoms with Gasteiger partial charge in [0.2, 0.25) is 5.88 Å². The highest BCUT2D eigenvalue weighted by Crippen LogP contribution is 2.43. The standard InChI is InChI=1S/C31H32ClF3N6O5S/c1-30(2,3)46-29(44)41-15-20(13-24(41)26(42)39-45-5)40(4)28-37-27(43)25(47-28)21(16-7-9-23-18(10-16)14-36-38-23)11-17-6-8-19(32)12-22(17)31(33,34)35/h6-12,14,20,24,43H,13,15H2,1-5H3,(H,36,38)(H,39,42). The van der Waals surface area contributed by atoms with Crippen LogP contribution in [0.2, 0.25) is 5.02 Å². The number of alkyl halides is 3. The summed E-state index contributed by atoms with van der Waals surface area (Å²) in [6.45, 7) is 5.23. The van der Waals surface area contributed by atoms with Crippen molar-refractivity contribution in [2.45, 2.75) is 51.1 Å². The third-order valence-corrected chi connectivity index (χ3v) is 8.88. The number of aromatic nitrogens is 3. The number of hydrogen-bond donors (Lipinski definition) is 3. The Bertz CT molecular complexity index is 1840. The summed E-state index contributed by atoms with van der Waals surface area (Å²) in [4.78, 5) is 38.3. The highest BCUT2D eigenvalue weighted by molar-refractivity contribution is 7.17. The highest BCUT2D eigenvalue weighted by Gasteiger charge is 2.44. The van der Waals surface area contributed by atoms with Crippen LogP contribution in [-0.4, -0.2) is 75.6 Å². The first-order valence-electron chi connectivity index (χ1n) is 14.3. The van der Waals surface area contributed by atoms with E-state index in [1.54, 1.807) is 57.1 Å². The molecule has 47 heavy (non-hydrogen) atoms. The first-order valence-corrected chi connectivity index (χ1v) is 15.5. The summed E-state index contributed by atoms with van der Waals surface area (Å²) in [6, 6.07) is 7.28. The average molecular weight is 693 g/mol. The molecule has 1 fully saturated rings. The number of carbonyl (C=O) groups is 2. The lowest BCUT2D eigenvalue weighted by Crippen LogP contribution is -2.47. The van der Waals surface area contributed by atoms with Gasteiger partial charge < -0.3 is 14.7 Å². The van der Waals surface area contributed by atoms with E-state index >= 15 is 0 Å². The fourth-order valence-corrected chi connectivity index (χ4v) is 6.47. The number of ether oxygens (including phenoxy) is 1. The quantitative estimate of drug-likeness (QED) is 0.148. The van der Waals surface area contributed by atoms with Crippen LogP contribution in [0.15, 0.2) is 42.6 Å². The molecule has 3 N–H and O–H groups in total. The molecule has 1 saturated heterocycles. The van der Waals surface area contributed by atoms with Crippen LogP contribution in [0.4, 0.5) is 23.1 Å². The zero-order valence-corrected chi connectivity index (χ0v) is 27.5. The number of fused-ring (bicyclic) bond motifs is 1. The second kappa shape index (κ2) is 13.0. The van der Waals surface area contributed by atoms with Gasteiger partial charge in [-0.1, -0.05) is 35.1 Å². The number of nitrogens with zero attached hydrogens (tertiary/aromatic N) is 4. The van der Waals surface area contributed by atoms with Crippen LogP contribution in [0.25, 0.3) is 22.6 Å². The molecule has 0 bridgehead atoms. The largest absolute Gasteiger partial charge is 0.492 e. The van der Waals surface area contributed by atoms with E-state index in [0.717, 1.165) is 17.4 Å². The molecule has 2 atom stereocenters. The van der Waals surface area contributed by atoms with Gasteiger partial charge in [0.1, 0.15) is 16.5 Å². The van der Waals surface area contributed by atoms with Crippen molar-refractivity contribution in [1.29, 1.82) is 0 Å². The van der Waals surface area contributed by atoms with Crippen molar-refractivity contribution < 1.29 is 37.4 Å². The first-order chi connectivity index (χ1) is 22.1. The number of likely N-dealkylation sites (tertiary alicyclic amines) is 1. The van der Waals surface area contributed by atoms with Gasteiger partial charge in [-0.15, -0.1) is 0 Å². The molecule has 0 saturated carbocycles. The van der Waals surface area contributed by atoms with E-state index in [0.29, 0.717) is 21.6 Å². The summed E-state index contributed by atoms with van der Waals surface area (Å²) in [7, 11) is 2.98. The summed E-state index contributed by atoms with van der Waals surface area (Å²) in [5.74, 6) is -0.950. The first kappa shape index (κ1) is 34.0. The van der Waals surface area contributed by atoms with E-state index in [1.165, 1.54) is 30.2 Å². The van der Waals surface area contributed by atoms with Gasteiger partial charge in [0.25, 0.3) is 5.91 Å². The van der Waals surface area contributed by atoms with E-state index in [9.17, 15) is 27.9 Å². The SMILES string of the molecule is CONC(=O)C1CC(N(C)c2nc(O)c(C(=Cc3ccc(Cl)cc3C(F)(F)F)c3ccc4[nH]ncc4c3)s2)CN1C(=O)OC(C)(C)C. The molecule has 4 aromatic rings. The lowest BCUT2D eigenvalue weighted by Gasteiger charge is -2.28. The average Bonchev–Trinajstić information content (AvgIpc) is 3.73. The van der Waals surface area contributed by atoms with Crippen molar-refractivity contribution in [3.05, 3.63) is 69.2 Å². The third kappa shape index (κ3) is 7.47. The van der Waals surface area contributed by atoms with Crippen LogP contribution in [0, 0.1) is 0 Å². The van der Waals surface area contributed by atoms with Crippen LogP contribution in [0.3, 0.4) is 0 Å². The number of nitrogens with one attached hydrogen (secondary N) is 2. The Morgan fingerprint density at radius 1 is 1.21 bits per heavy atom. The second-order valence-corrected chi connectivity index (χ2v) is 13.3. The smallest absolute Gasteiger partial charge is 0.417 e. The number of thiazole rings is 1. The van der Waals surface area contributed by atoms with E-state index < -0.39 is 47.3 Å². The summed E-state index contributed by atoms with van der Waals surface area (Å²) >= 11 is 6.98. The monoisotopic (exact) mass is 692 g/mol.